The second-order valence-electron chi connectivity index (χ2n) is 4.37. The molecule has 1 unspecified atom stereocenters. The minimum absolute atomic E-state index is 0.0199. The molecule has 0 saturated heterocycles. The van der Waals surface area contributed by atoms with Gasteiger partial charge in [0.15, 0.2) is 0 Å². The van der Waals surface area contributed by atoms with Crippen LogP contribution in [0, 0.1) is 0 Å². The maximum Gasteiger partial charge on any atom is 0.240 e. The number of aliphatic hydroxyl groups is 1. The van der Waals surface area contributed by atoms with Crippen LogP contribution in [-0.2, 0) is 11.3 Å². The fourth-order valence-electron chi connectivity index (χ4n) is 1.74. The van der Waals surface area contributed by atoms with Gasteiger partial charge in [0.25, 0.3) is 0 Å². The molecule has 1 atom stereocenters. The standard InChI is InChI=1S/C13H22N2O2/c1-4-12(5-2)14-13(17)9-15-7-6-11(8-15)10(3)16/h6-8,10,12,16H,4-5,9H2,1-3H3,(H,14,17). The maximum atomic E-state index is 11.7. The summed E-state index contributed by atoms with van der Waals surface area (Å²) < 4.78 is 1.79. The van der Waals surface area contributed by atoms with Crippen LogP contribution >= 0.6 is 0 Å². The summed E-state index contributed by atoms with van der Waals surface area (Å²) in [6.07, 6.45) is 5.03. The predicted molar refractivity (Wildman–Crippen MR) is 67.6 cm³/mol. The third-order valence-corrected chi connectivity index (χ3v) is 2.93. The van der Waals surface area contributed by atoms with E-state index in [-0.39, 0.29) is 11.9 Å². The first-order chi connectivity index (χ1) is 8.06. The second-order valence-corrected chi connectivity index (χ2v) is 4.37. The first-order valence-corrected chi connectivity index (χ1v) is 6.19. The van der Waals surface area contributed by atoms with Crippen LogP contribution in [0.15, 0.2) is 18.5 Å². The fourth-order valence-corrected chi connectivity index (χ4v) is 1.74. The topological polar surface area (TPSA) is 54.3 Å². The van der Waals surface area contributed by atoms with Crippen molar-refractivity contribution in [2.45, 2.75) is 52.3 Å². The lowest BCUT2D eigenvalue weighted by Gasteiger charge is -2.14. The number of aromatic nitrogens is 1. The highest BCUT2D eigenvalue weighted by atomic mass is 16.3. The fraction of sp³-hybridized carbons (Fsp3) is 0.615. The molecule has 1 amide bonds. The number of hydrogen-bond acceptors (Lipinski definition) is 2. The van der Waals surface area contributed by atoms with Gasteiger partial charge in [-0.3, -0.25) is 4.79 Å². The summed E-state index contributed by atoms with van der Waals surface area (Å²) in [6, 6.07) is 2.09. The minimum Gasteiger partial charge on any atom is -0.389 e. The van der Waals surface area contributed by atoms with Crippen LogP contribution in [0.1, 0.15) is 45.3 Å². The van der Waals surface area contributed by atoms with Crippen molar-refractivity contribution < 1.29 is 9.90 Å². The zero-order chi connectivity index (χ0) is 12.8. The zero-order valence-electron chi connectivity index (χ0n) is 10.8. The van der Waals surface area contributed by atoms with E-state index in [9.17, 15) is 9.90 Å². The van der Waals surface area contributed by atoms with Gasteiger partial charge in [-0.1, -0.05) is 13.8 Å². The molecule has 0 aromatic carbocycles. The molecule has 1 aromatic heterocycles. The highest BCUT2D eigenvalue weighted by molar-refractivity contribution is 5.76. The maximum absolute atomic E-state index is 11.7. The Balaban J connectivity index is 2.50. The lowest BCUT2D eigenvalue weighted by molar-refractivity contribution is -0.122. The van der Waals surface area contributed by atoms with Crippen molar-refractivity contribution in [2.75, 3.05) is 0 Å². The Bertz CT molecular complexity index is 354. The van der Waals surface area contributed by atoms with Crippen molar-refractivity contribution in [1.82, 2.24) is 9.88 Å². The summed E-state index contributed by atoms with van der Waals surface area (Å²) in [5.41, 5.74) is 0.834. The van der Waals surface area contributed by atoms with Gasteiger partial charge >= 0.3 is 0 Å². The molecule has 0 aliphatic rings. The first-order valence-electron chi connectivity index (χ1n) is 6.19. The van der Waals surface area contributed by atoms with Crippen molar-refractivity contribution in [3.05, 3.63) is 24.0 Å². The Labute approximate surface area is 103 Å². The van der Waals surface area contributed by atoms with Crippen molar-refractivity contribution in [2.24, 2.45) is 0 Å². The highest BCUT2D eigenvalue weighted by Crippen LogP contribution is 2.11. The number of amides is 1. The number of nitrogens with one attached hydrogen (secondary N) is 1. The van der Waals surface area contributed by atoms with E-state index >= 15 is 0 Å². The van der Waals surface area contributed by atoms with E-state index in [1.54, 1.807) is 17.7 Å². The number of rotatable bonds is 6. The minimum atomic E-state index is -0.488. The van der Waals surface area contributed by atoms with Gasteiger partial charge < -0.3 is 15.0 Å². The van der Waals surface area contributed by atoms with Crippen LogP contribution < -0.4 is 5.32 Å². The largest absolute Gasteiger partial charge is 0.389 e. The van der Waals surface area contributed by atoms with Gasteiger partial charge in [-0.2, -0.15) is 0 Å². The van der Waals surface area contributed by atoms with E-state index in [0.717, 1.165) is 18.4 Å². The Hall–Kier alpha value is -1.29. The summed E-state index contributed by atoms with van der Waals surface area (Å²) >= 11 is 0. The average molecular weight is 238 g/mol. The summed E-state index contributed by atoms with van der Waals surface area (Å²) in [4.78, 5) is 11.7. The van der Waals surface area contributed by atoms with Crippen LogP contribution in [0.25, 0.3) is 0 Å². The van der Waals surface area contributed by atoms with E-state index in [1.165, 1.54) is 0 Å². The molecule has 4 nitrogen and oxygen atoms in total. The van der Waals surface area contributed by atoms with Crippen LogP contribution in [0.2, 0.25) is 0 Å². The Morgan fingerprint density at radius 2 is 2.12 bits per heavy atom. The van der Waals surface area contributed by atoms with E-state index in [4.69, 9.17) is 0 Å². The highest BCUT2D eigenvalue weighted by Gasteiger charge is 2.09. The third-order valence-electron chi connectivity index (χ3n) is 2.93. The normalized spacial score (nSPS) is 12.8. The van der Waals surface area contributed by atoms with E-state index < -0.39 is 6.10 Å². The van der Waals surface area contributed by atoms with Gasteiger partial charge in [-0.15, -0.1) is 0 Å². The number of aliphatic hydroxyl groups excluding tert-OH is 1. The summed E-state index contributed by atoms with van der Waals surface area (Å²) in [5.74, 6) is 0.0199. The van der Waals surface area contributed by atoms with Crippen molar-refractivity contribution in [1.29, 1.82) is 0 Å². The number of carbonyl (C=O) groups excluding carboxylic acids is 1. The zero-order valence-corrected chi connectivity index (χ0v) is 10.8. The molecule has 2 N–H and O–H groups in total. The Kier molecular flexibility index (Phi) is 5.22. The SMILES string of the molecule is CCC(CC)NC(=O)Cn1ccc(C(C)O)c1. The molecule has 1 heterocycles. The molecule has 4 heteroatoms. The molecule has 1 aromatic rings. The molecule has 0 aliphatic carbocycles. The molecule has 0 spiro atoms. The van der Waals surface area contributed by atoms with Crippen molar-refractivity contribution in [3.63, 3.8) is 0 Å². The van der Waals surface area contributed by atoms with Gasteiger partial charge in [-0.05, 0) is 31.4 Å². The predicted octanol–water partition coefficient (Wildman–Crippen LogP) is 1.85. The smallest absolute Gasteiger partial charge is 0.240 e. The number of nitrogens with zero attached hydrogens (tertiary/aromatic N) is 1. The summed E-state index contributed by atoms with van der Waals surface area (Å²) in [7, 11) is 0. The van der Waals surface area contributed by atoms with Crippen LogP contribution in [0.3, 0.4) is 0 Å². The lowest BCUT2D eigenvalue weighted by Crippen LogP contribution is -2.35. The van der Waals surface area contributed by atoms with E-state index in [0.29, 0.717) is 6.54 Å². The van der Waals surface area contributed by atoms with Crippen molar-refractivity contribution in [3.8, 4) is 0 Å². The molecule has 0 radical (unpaired) electrons. The first kappa shape index (κ1) is 13.8. The molecular formula is C13H22N2O2. The van der Waals surface area contributed by atoms with Gasteiger partial charge in [0.2, 0.25) is 5.91 Å². The molecule has 0 fully saturated rings. The molecule has 0 bridgehead atoms. The van der Waals surface area contributed by atoms with Gasteiger partial charge in [-0.25, -0.2) is 0 Å². The summed E-state index contributed by atoms with van der Waals surface area (Å²) in [5, 5.41) is 12.4. The van der Waals surface area contributed by atoms with Crippen LogP contribution in [0.4, 0.5) is 0 Å². The number of carbonyl (C=O) groups is 1. The monoisotopic (exact) mass is 238 g/mol. The molecule has 0 aliphatic heterocycles. The molecule has 17 heavy (non-hydrogen) atoms. The Morgan fingerprint density at radius 1 is 1.47 bits per heavy atom. The van der Waals surface area contributed by atoms with Gasteiger partial charge in [0.05, 0.1) is 6.10 Å². The quantitative estimate of drug-likeness (QED) is 0.794. The van der Waals surface area contributed by atoms with Crippen LogP contribution in [0.5, 0.6) is 0 Å². The van der Waals surface area contributed by atoms with Gasteiger partial charge in [0.1, 0.15) is 6.54 Å². The van der Waals surface area contributed by atoms with E-state index in [2.05, 4.69) is 19.2 Å². The Morgan fingerprint density at radius 3 is 2.59 bits per heavy atom. The molecular weight excluding hydrogens is 216 g/mol. The van der Waals surface area contributed by atoms with E-state index in [1.807, 2.05) is 12.3 Å². The van der Waals surface area contributed by atoms with Crippen LogP contribution in [-0.4, -0.2) is 21.6 Å². The molecule has 0 saturated carbocycles. The number of hydrogen-bond donors (Lipinski definition) is 2. The average Bonchev–Trinajstić information content (AvgIpc) is 2.74. The second kappa shape index (κ2) is 6.45. The summed E-state index contributed by atoms with van der Waals surface area (Å²) in [6.45, 7) is 6.15. The van der Waals surface area contributed by atoms with Crippen molar-refractivity contribution >= 4 is 5.91 Å². The third kappa shape index (κ3) is 4.23. The molecule has 96 valence electrons. The lowest BCUT2D eigenvalue weighted by atomic mass is 10.2. The van der Waals surface area contributed by atoms with Gasteiger partial charge in [0, 0.05) is 18.4 Å². The molecule has 1 rings (SSSR count).